The minimum absolute atomic E-state index is 0.0442. The van der Waals surface area contributed by atoms with Crippen molar-refractivity contribution in [2.45, 2.75) is 17.4 Å². The van der Waals surface area contributed by atoms with Crippen LogP contribution >= 0.6 is 15.9 Å². The lowest BCUT2D eigenvalue weighted by Crippen LogP contribution is -2.31. The minimum Gasteiger partial charge on any atom is -0.465 e. The fraction of sp³-hybridized carbons (Fsp3) is 0.278. The molecule has 1 unspecified atom stereocenters. The van der Waals surface area contributed by atoms with E-state index in [1.807, 2.05) is 30.3 Å². The van der Waals surface area contributed by atoms with Gasteiger partial charge in [-0.1, -0.05) is 18.2 Å². The van der Waals surface area contributed by atoms with E-state index in [9.17, 15) is 13.2 Å². The number of para-hydroxylation sites is 1. The van der Waals surface area contributed by atoms with Gasteiger partial charge in [-0.05, 0) is 52.7 Å². The Balaban J connectivity index is 1.78. The summed E-state index contributed by atoms with van der Waals surface area (Å²) >= 11 is 3.25. The van der Waals surface area contributed by atoms with Crippen LogP contribution in [0, 0.1) is 0 Å². The molecule has 0 amide bonds. The third-order valence-electron chi connectivity index (χ3n) is 4.28. The topological polar surface area (TPSA) is 75.7 Å². The van der Waals surface area contributed by atoms with Gasteiger partial charge in [-0.15, -0.1) is 0 Å². The first-order chi connectivity index (χ1) is 12.4. The molecular formula is C18H19BrN2O4S. The fourth-order valence-electron chi connectivity index (χ4n) is 2.91. The summed E-state index contributed by atoms with van der Waals surface area (Å²) in [5.41, 5.74) is 1.15. The molecule has 1 N–H and O–H groups in total. The monoisotopic (exact) mass is 438 g/mol. The van der Waals surface area contributed by atoms with Crippen molar-refractivity contribution in [1.82, 2.24) is 4.31 Å². The van der Waals surface area contributed by atoms with Gasteiger partial charge in [0.25, 0.3) is 0 Å². The molecule has 8 heteroatoms. The number of methoxy groups -OCH3 is 1. The highest BCUT2D eigenvalue weighted by Crippen LogP contribution is 2.27. The molecule has 1 atom stereocenters. The van der Waals surface area contributed by atoms with Crippen molar-refractivity contribution in [2.24, 2.45) is 0 Å². The zero-order valence-corrected chi connectivity index (χ0v) is 16.6. The summed E-state index contributed by atoms with van der Waals surface area (Å²) in [4.78, 5) is 11.9. The van der Waals surface area contributed by atoms with E-state index in [0.717, 1.165) is 5.69 Å². The largest absolute Gasteiger partial charge is 0.465 e. The van der Waals surface area contributed by atoms with Gasteiger partial charge in [0.15, 0.2) is 0 Å². The highest BCUT2D eigenvalue weighted by molar-refractivity contribution is 9.10. The van der Waals surface area contributed by atoms with Crippen LogP contribution in [0.2, 0.25) is 0 Å². The van der Waals surface area contributed by atoms with Gasteiger partial charge in [-0.3, -0.25) is 0 Å². The molecule has 6 nitrogen and oxygen atoms in total. The number of anilines is 1. The van der Waals surface area contributed by atoms with Crippen LogP contribution in [0.25, 0.3) is 0 Å². The summed E-state index contributed by atoms with van der Waals surface area (Å²) in [5, 5.41) is 3.35. The predicted molar refractivity (Wildman–Crippen MR) is 103 cm³/mol. The number of benzene rings is 2. The van der Waals surface area contributed by atoms with Crippen molar-refractivity contribution in [2.75, 3.05) is 25.5 Å². The molecule has 1 aliphatic heterocycles. The molecule has 3 rings (SSSR count). The first-order valence-corrected chi connectivity index (χ1v) is 10.3. The molecule has 0 spiro atoms. The van der Waals surface area contributed by atoms with Crippen LogP contribution in [0.3, 0.4) is 0 Å². The second-order valence-corrected chi connectivity index (χ2v) is 8.78. The van der Waals surface area contributed by atoms with E-state index in [1.54, 1.807) is 6.07 Å². The quantitative estimate of drug-likeness (QED) is 0.725. The molecule has 138 valence electrons. The zero-order chi connectivity index (χ0) is 18.7. The van der Waals surface area contributed by atoms with Gasteiger partial charge in [0.1, 0.15) is 0 Å². The molecule has 0 aromatic heterocycles. The Bertz CT molecular complexity index is 903. The highest BCUT2D eigenvalue weighted by Gasteiger charge is 2.33. The van der Waals surface area contributed by atoms with E-state index >= 15 is 0 Å². The maximum Gasteiger partial charge on any atom is 0.339 e. The molecular weight excluding hydrogens is 420 g/mol. The molecule has 26 heavy (non-hydrogen) atoms. The van der Waals surface area contributed by atoms with Crippen LogP contribution < -0.4 is 5.32 Å². The lowest BCUT2D eigenvalue weighted by molar-refractivity contribution is 0.0599. The number of halogens is 1. The Labute approximate surface area is 161 Å². The van der Waals surface area contributed by atoms with Gasteiger partial charge in [0.05, 0.1) is 17.6 Å². The Hall–Kier alpha value is -1.90. The number of nitrogens with zero attached hydrogens (tertiary/aromatic N) is 1. The molecule has 1 saturated heterocycles. The third-order valence-corrected chi connectivity index (χ3v) is 6.83. The zero-order valence-electron chi connectivity index (χ0n) is 14.2. The number of hydrogen-bond donors (Lipinski definition) is 1. The van der Waals surface area contributed by atoms with E-state index in [0.29, 0.717) is 24.0 Å². The van der Waals surface area contributed by atoms with Gasteiger partial charge >= 0.3 is 5.97 Å². The average molecular weight is 439 g/mol. The molecule has 1 aliphatic rings. The van der Waals surface area contributed by atoms with Crippen LogP contribution in [0.5, 0.6) is 0 Å². The van der Waals surface area contributed by atoms with Gasteiger partial charge in [0.2, 0.25) is 10.0 Å². The van der Waals surface area contributed by atoms with E-state index in [-0.39, 0.29) is 16.5 Å². The standard InChI is InChI=1S/C18H19BrN2O4S/c1-25-18(22)16-11-15(7-8-17(16)19)26(23,24)21-10-9-14(12-21)20-13-5-3-2-4-6-13/h2-8,11,14,20H,9-10,12H2,1H3. The second kappa shape index (κ2) is 7.77. The first kappa shape index (κ1) is 18.9. The van der Waals surface area contributed by atoms with Crippen molar-refractivity contribution < 1.29 is 17.9 Å². The van der Waals surface area contributed by atoms with Crippen molar-refractivity contribution in [1.29, 1.82) is 0 Å². The number of carbonyl (C=O) groups excluding carboxylic acids is 1. The fourth-order valence-corrected chi connectivity index (χ4v) is 4.85. The third kappa shape index (κ3) is 3.92. The Kier molecular flexibility index (Phi) is 5.64. The highest BCUT2D eigenvalue weighted by atomic mass is 79.9. The lowest BCUT2D eigenvalue weighted by Gasteiger charge is -2.18. The van der Waals surface area contributed by atoms with E-state index in [4.69, 9.17) is 4.74 Å². The Morgan fingerprint density at radius 3 is 2.65 bits per heavy atom. The number of hydrogen-bond acceptors (Lipinski definition) is 5. The van der Waals surface area contributed by atoms with Gasteiger partial charge in [-0.2, -0.15) is 4.31 Å². The summed E-state index contributed by atoms with van der Waals surface area (Å²) in [6.45, 7) is 0.803. The number of ether oxygens (including phenoxy) is 1. The molecule has 0 radical (unpaired) electrons. The molecule has 2 aromatic carbocycles. The number of sulfonamides is 1. The first-order valence-electron chi connectivity index (χ1n) is 8.11. The van der Waals surface area contributed by atoms with Crippen LogP contribution in [0.15, 0.2) is 57.9 Å². The average Bonchev–Trinajstić information content (AvgIpc) is 3.11. The molecule has 2 aromatic rings. The van der Waals surface area contributed by atoms with E-state index in [2.05, 4.69) is 21.2 Å². The smallest absolute Gasteiger partial charge is 0.339 e. The summed E-state index contributed by atoms with van der Waals surface area (Å²) in [6, 6.07) is 14.1. The molecule has 0 saturated carbocycles. The van der Waals surface area contributed by atoms with Crippen molar-refractivity contribution >= 4 is 37.6 Å². The molecule has 0 aliphatic carbocycles. The van der Waals surface area contributed by atoms with Crippen molar-refractivity contribution in [3.63, 3.8) is 0 Å². The van der Waals surface area contributed by atoms with Crippen molar-refractivity contribution in [3.05, 3.63) is 58.6 Å². The number of nitrogens with one attached hydrogen (secondary N) is 1. The summed E-state index contributed by atoms with van der Waals surface area (Å²) in [6.07, 6.45) is 0.717. The predicted octanol–water partition coefficient (Wildman–Crippen LogP) is 3.11. The SMILES string of the molecule is COC(=O)c1cc(S(=O)(=O)N2CCC(Nc3ccccc3)C2)ccc1Br. The summed E-state index contributed by atoms with van der Waals surface area (Å²) in [5.74, 6) is -0.584. The van der Waals surface area contributed by atoms with Gasteiger partial charge in [0, 0.05) is 29.3 Å². The van der Waals surface area contributed by atoms with Crippen LogP contribution in [-0.4, -0.2) is 44.9 Å². The summed E-state index contributed by atoms with van der Waals surface area (Å²) in [7, 11) is -2.42. The van der Waals surface area contributed by atoms with E-state index in [1.165, 1.54) is 23.5 Å². The van der Waals surface area contributed by atoms with Crippen LogP contribution in [0.1, 0.15) is 16.8 Å². The number of carbonyl (C=O) groups is 1. The van der Waals surface area contributed by atoms with Crippen LogP contribution in [0.4, 0.5) is 5.69 Å². The van der Waals surface area contributed by atoms with Crippen molar-refractivity contribution in [3.8, 4) is 0 Å². The summed E-state index contributed by atoms with van der Waals surface area (Å²) < 4.78 is 32.5. The number of esters is 1. The number of rotatable bonds is 5. The molecule has 0 bridgehead atoms. The normalized spacial score (nSPS) is 17.8. The minimum atomic E-state index is -3.68. The molecule has 1 fully saturated rings. The maximum absolute atomic E-state index is 12.9. The van der Waals surface area contributed by atoms with Crippen LogP contribution in [-0.2, 0) is 14.8 Å². The van der Waals surface area contributed by atoms with E-state index < -0.39 is 16.0 Å². The Morgan fingerprint density at radius 1 is 1.23 bits per heavy atom. The Morgan fingerprint density at radius 2 is 1.96 bits per heavy atom. The maximum atomic E-state index is 12.9. The van der Waals surface area contributed by atoms with Gasteiger partial charge in [-0.25, -0.2) is 13.2 Å². The second-order valence-electron chi connectivity index (χ2n) is 5.99. The molecule has 1 heterocycles. The van der Waals surface area contributed by atoms with Gasteiger partial charge < -0.3 is 10.1 Å². The lowest BCUT2D eigenvalue weighted by atomic mass is 10.2.